The fourth-order valence-electron chi connectivity index (χ4n) is 4.46. The van der Waals surface area contributed by atoms with Crippen LogP contribution in [-0.2, 0) is 9.59 Å². The first-order chi connectivity index (χ1) is 14.0. The minimum Gasteiger partial charge on any atom is -0.507 e. The van der Waals surface area contributed by atoms with Gasteiger partial charge >= 0.3 is 0 Å². The maximum Gasteiger partial charge on any atom is 0.295 e. The maximum absolute atomic E-state index is 13.0. The van der Waals surface area contributed by atoms with Crippen LogP contribution in [0.2, 0.25) is 0 Å². The number of benzene rings is 1. The van der Waals surface area contributed by atoms with Gasteiger partial charge < -0.3 is 14.7 Å². The number of aliphatic hydroxyl groups excluding tert-OH is 1. The molecule has 0 spiro atoms. The first kappa shape index (κ1) is 19.2. The summed E-state index contributed by atoms with van der Waals surface area (Å²) in [5.74, 6) is -0.634. The number of aromatic nitrogens is 1. The second-order valence-corrected chi connectivity index (χ2v) is 7.61. The summed E-state index contributed by atoms with van der Waals surface area (Å²) in [5, 5.41) is 11.1. The van der Waals surface area contributed by atoms with Crippen molar-refractivity contribution < 1.29 is 19.4 Å². The van der Waals surface area contributed by atoms with Crippen LogP contribution in [0.25, 0.3) is 5.76 Å². The lowest BCUT2D eigenvalue weighted by atomic mass is 9.95. The molecule has 4 rings (SSSR count). The number of carbonyl (C=O) groups excluding carboxylic acids is 2. The van der Waals surface area contributed by atoms with Gasteiger partial charge in [-0.05, 0) is 61.2 Å². The molecule has 150 valence electrons. The molecule has 2 fully saturated rings. The number of carbonyl (C=O) groups is 2. The van der Waals surface area contributed by atoms with Gasteiger partial charge in [-0.25, -0.2) is 0 Å². The number of hydrogen-bond acceptors (Lipinski definition) is 5. The second kappa shape index (κ2) is 7.70. The number of aliphatic hydroxyl groups is 1. The standard InChI is InChI=1S/C23H24N2O4/c1-14-13-16(7-8-18(14)29-2)21(26)19-20(15-9-11-24-12-10-15)25(23(28)22(19)27)17-5-3-4-6-17/h7-13,17,20,26H,3-6H2,1-2H3/b21-19-. The summed E-state index contributed by atoms with van der Waals surface area (Å²) in [6.07, 6.45) is 7.10. The van der Waals surface area contributed by atoms with Crippen LogP contribution < -0.4 is 4.74 Å². The van der Waals surface area contributed by atoms with Crippen molar-refractivity contribution in [2.45, 2.75) is 44.7 Å². The van der Waals surface area contributed by atoms with Gasteiger partial charge in [-0.2, -0.15) is 0 Å². The Morgan fingerprint density at radius 2 is 1.83 bits per heavy atom. The highest BCUT2D eigenvalue weighted by Gasteiger charge is 2.49. The van der Waals surface area contributed by atoms with E-state index < -0.39 is 17.7 Å². The summed E-state index contributed by atoms with van der Waals surface area (Å²) < 4.78 is 5.28. The Hall–Kier alpha value is -3.15. The van der Waals surface area contributed by atoms with Crippen LogP contribution >= 0.6 is 0 Å². The molecule has 6 nitrogen and oxygen atoms in total. The van der Waals surface area contributed by atoms with E-state index in [2.05, 4.69) is 4.98 Å². The molecule has 1 saturated carbocycles. The Morgan fingerprint density at radius 3 is 2.45 bits per heavy atom. The van der Waals surface area contributed by atoms with Crippen molar-refractivity contribution in [2.75, 3.05) is 7.11 Å². The van der Waals surface area contributed by atoms with Crippen molar-refractivity contribution in [1.29, 1.82) is 0 Å². The van der Waals surface area contributed by atoms with Gasteiger partial charge in [0.05, 0.1) is 18.7 Å². The zero-order chi connectivity index (χ0) is 20.5. The number of hydrogen-bond donors (Lipinski definition) is 1. The number of ketones is 1. The summed E-state index contributed by atoms with van der Waals surface area (Å²) in [6, 6.07) is 8.21. The summed E-state index contributed by atoms with van der Waals surface area (Å²) >= 11 is 0. The molecule has 1 aromatic heterocycles. The number of Topliss-reactive ketones (excluding diaryl/α,β-unsaturated/α-hetero) is 1. The van der Waals surface area contributed by atoms with E-state index in [1.54, 1.807) is 54.7 Å². The third-order valence-corrected chi connectivity index (χ3v) is 5.89. The lowest BCUT2D eigenvalue weighted by Gasteiger charge is -2.30. The number of pyridine rings is 1. The Balaban J connectivity index is 1.87. The fourth-order valence-corrected chi connectivity index (χ4v) is 4.46. The number of rotatable bonds is 4. The zero-order valence-corrected chi connectivity index (χ0v) is 16.6. The summed E-state index contributed by atoms with van der Waals surface area (Å²) in [5.41, 5.74) is 2.24. The molecule has 1 atom stereocenters. The van der Waals surface area contributed by atoms with Gasteiger partial charge in [-0.15, -0.1) is 0 Å². The minimum atomic E-state index is -0.635. The fraction of sp³-hybridized carbons (Fsp3) is 0.348. The molecular weight excluding hydrogens is 368 g/mol. The van der Waals surface area contributed by atoms with Gasteiger partial charge in [0.2, 0.25) is 0 Å². The summed E-state index contributed by atoms with van der Waals surface area (Å²) in [6.45, 7) is 1.87. The van der Waals surface area contributed by atoms with Gasteiger partial charge in [-0.3, -0.25) is 14.6 Å². The third kappa shape index (κ3) is 3.28. The first-order valence-corrected chi connectivity index (χ1v) is 9.88. The molecule has 1 aromatic carbocycles. The molecule has 2 heterocycles. The SMILES string of the molecule is COc1ccc(/C(O)=C2/C(=O)C(=O)N(C3CCCC3)C2c2ccncc2)cc1C. The number of methoxy groups -OCH3 is 1. The zero-order valence-electron chi connectivity index (χ0n) is 16.6. The van der Waals surface area contributed by atoms with E-state index in [0.29, 0.717) is 11.3 Å². The molecule has 0 bridgehead atoms. The highest BCUT2D eigenvalue weighted by Crippen LogP contribution is 2.43. The Bertz CT molecular complexity index is 978. The number of aryl methyl sites for hydroxylation is 1. The molecule has 1 aliphatic heterocycles. The maximum atomic E-state index is 13.0. The Kier molecular flexibility index (Phi) is 5.09. The first-order valence-electron chi connectivity index (χ1n) is 9.88. The average Bonchev–Trinajstić information content (AvgIpc) is 3.35. The predicted molar refractivity (Wildman–Crippen MR) is 108 cm³/mol. The highest BCUT2D eigenvalue weighted by molar-refractivity contribution is 6.46. The van der Waals surface area contributed by atoms with Gasteiger partial charge in [-0.1, -0.05) is 12.8 Å². The largest absolute Gasteiger partial charge is 0.507 e. The van der Waals surface area contributed by atoms with Crippen molar-refractivity contribution >= 4 is 17.4 Å². The number of amides is 1. The summed E-state index contributed by atoms with van der Waals surface area (Å²) in [4.78, 5) is 31.7. The molecule has 2 aliphatic rings. The topological polar surface area (TPSA) is 79.7 Å². The lowest BCUT2D eigenvalue weighted by molar-refractivity contribution is -0.141. The highest BCUT2D eigenvalue weighted by atomic mass is 16.5. The predicted octanol–water partition coefficient (Wildman–Crippen LogP) is 3.76. The second-order valence-electron chi connectivity index (χ2n) is 7.61. The van der Waals surface area contributed by atoms with Gasteiger partial charge in [0.15, 0.2) is 0 Å². The monoisotopic (exact) mass is 392 g/mol. The van der Waals surface area contributed by atoms with Crippen LogP contribution in [0, 0.1) is 6.92 Å². The van der Waals surface area contributed by atoms with E-state index >= 15 is 0 Å². The Labute approximate surface area is 169 Å². The van der Waals surface area contributed by atoms with E-state index in [1.807, 2.05) is 6.92 Å². The number of likely N-dealkylation sites (tertiary alicyclic amines) is 1. The van der Waals surface area contributed by atoms with E-state index in [-0.39, 0.29) is 17.4 Å². The van der Waals surface area contributed by atoms with E-state index in [0.717, 1.165) is 36.8 Å². The van der Waals surface area contributed by atoms with Crippen LogP contribution in [-0.4, -0.2) is 39.8 Å². The molecule has 0 radical (unpaired) electrons. The molecule has 1 amide bonds. The minimum absolute atomic E-state index is 0.00696. The molecular formula is C23H24N2O4. The number of nitrogens with zero attached hydrogens (tertiary/aromatic N) is 2. The third-order valence-electron chi connectivity index (χ3n) is 5.89. The van der Waals surface area contributed by atoms with Crippen molar-refractivity contribution in [3.8, 4) is 5.75 Å². The Morgan fingerprint density at radius 1 is 1.14 bits per heavy atom. The quantitative estimate of drug-likeness (QED) is 0.487. The molecule has 1 aliphatic carbocycles. The molecule has 6 heteroatoms. The van der Waals surface area contributed by atoms with Crippen LogP contribution in [0.15, 0.2) is 48.3 Å². The molecule has 1 unspecified atom stereocenters. The van der Waals surface area contributed by atoms with Gasteiger partial charge in [0, 0.05) is 24.0 Å². The van der Waals surface area contributed by atoms with E-state index in [4.69, 9.17) is 4.74 Å². The molecule has 1 N–H and O–H groups in total. The average molecular weight is 392 g/mol. The van der Waals surface area contributed by atoms with E-state index in [9.17, 15) is 14.7 Å². The van der Waals surface area contributed by atoms with Crippen molar-refractivity contribution in [3.05, 3.63) is 65.0 Å². The van der Waals surface area contributed by atoms with Crippen LogP contribution in [0.3, 0.4) is 0 Å². The molecule has 29 heavy (non-hydrogen) atoms. The van der Waals surface area contributed by atoms with E-state index in [1.165, 1.54) is 0 Å². The van der Waals surface area contributed by atoms with Crippen LogP contribution in [0.5, 0.6) is 5.75 Å². The van der Waals surface area contributed by atoms with Crippen molar-refractivity contribution in [1.82, 2.24) is 9.88 Å². The number of ether oxygens (including phenoxy) is 1. The lowest BCUT2D eigenvalue weighted by Crippen LogP contribution is -2.37. The molecule has 1 saturated heterocycles. The summed E-state index contributed by atoms with van der Waals surface area (Å²) in [7, 11) is 1.58. The normalized spacial score (nSPS) is 21.7. The van der Waals surface area contributed by atoms with Gasteiger partial charge in [0.25, 0.3) is 11.7 Å². The van der Waals surface area contributed by atoms with Crippen LogP contribution in [0.1, 0.15) is 48.4 Å². The molecule has 2 aromatic rings. The van der Waals surface area contributed by atoms with Gasteiger partial charge in [0.1, 0.15) is 11.5 Å². The smallest absolute Gasteiger partial charge is 0.295 e. The van der Waals surface area contributed by atoms with Crippen molar-refractivity contribution in [3.63, 3.8) is 0 Å². The van der Waals surface area contributed by atoms with Crippen LogP contribution in [0.4, 0.5) is 0 Å². The van der Waals surface area contributed by atoms with Crippen molar-refractivity contribution in [2.24, 2.45) is 0 Å².